The molecule has 1 saturated heterocycles. The fourth-order valence-electron chi connectivity index (χ4n) is 4.14. The maximum atomic E-state index is 13.0. The molecular weight excluding hydrogens is 452 g/mol. The molecule has 4 rings (SSSR count). The second-order valence-electron chi connectivity index (χ2n) is 8.77. The topological polar surface area (TPSA) is 109 Å². The van der Waals surface area contributed by atoms with E-state index in [1.54, 1.807) is 0 Å². The third-order valence-electron chi connectivity index (χ3n) is 5.95. The van der Waals surface area contributed by atoms with Crippen LogP contribution in [-0.2, 0) is 16.1 Å². The molecular formula is C24H30N6O3S. The minimum Gasteiger partial charge on any atom is -0.356 e. The second-order valence-corrected chi connectivity index (χ2v) is 9.75. The van der Waals surface area contributed by atoms with Gasteiger partial charge in [-0.1, -0.05) is 36.0 Å². The van der Waals surface area contributed by atoms with Crippen LogP contribution in [-0.4, -0.2) is 46.0 Å². The predicted molar refractivity (Wildman–Crippen MR) is 134 cm³/mol. The number of piperidine rings is 1. The fourth-order valence-corrected chi connectivity index (χ4v) is 5.14. The number of thiazole rings is 1. The minimum absolute atomic E-state index is 0.0722. The average Bonchev–Trinajstić information content (AvgIpc) is 3.26. The lowest BCUT2D eigenvalue weighted by Gasteiger charge is -2.31. The highest BCUT2D eigenvalue weighted by Crippen LogP contribution is 2.29. The van der Waals surface area contributed by atoms with Crippen LogP contribution < -0.4 is 21.1 Å². The standard InChI is InChI=1S/C24H30N6O3S/c1-4-9-25-22(32)17-6-5-10-29(12-17)24-28-21-20(34-24)23(33)30(14-26-21)13-19(31)27-18-8-7-15(2)11-16(18)3/h7-8,11,14,17H,4-6,9-10,12-13H2,1-3H3,(H,25,32)(H,27,31)/t17-/m1/s1. The van der Waals surface area contributed by atoms with Gasteiger partial charge in [-0.05, 0) is 44.7 Å². The Hall–Kier alpha value is -3.27. The average molecular weight is 483 g/mol. The molecule has 0 aliphatic carbocycles. The molecule has 9 nitrogen and oxygen atoms in total. The first-order valence-electron chi connectivity index (χ1n) is 11.6. The first-order valence-corrected chi connectivity index (χ1v) is 12.4. The van der Waals surface area contributed by atoms with E-state index in [-0.39, 0.29) is 29.8 Å². The van der Waals surface area contributed by atoms with Crippen LogP contribution >= 0.6 is 11.3 Å². The van der Waals surface area contributed by atoms with E-state index in [9.17, 15) is 14.4 Å². The number of nitrogens with one attached hydrogen (secondary N) is 2. The maximum Gasteiger partial charge on any atom is 0.273 e. The van der Waals surface area contributed by atoms with Gasteiger partial charge in [-0.15, -0.1) is 0 Å². The molecule has 3 aromatic rings. The summed E-state index contributed by atoms with van der Waals surface area (Å²) in [5, 5.41) is 6.52. The molecule has 1 aliphatic rings. The van der Waals surface area contributed by atoms with Crippen molar-refractivity contribution in [2.45, 2.75) is 46.6 Å². The van der Waals surface area contributed by atoms with Crippen LogP contribution in [0.25, 0.3) is 10.3 Å². The van der Waals surface area contributed by atoms with Gasteiger partial charge in [0.1, 0.15) is 17.6 Å². The van der Waals surface area contributed by atoms with E-state index in [1.807, 2.05) is 39.0 Å². The number of aryl methyl sites for hydroxylation is 2. The van der Waals surface area contributed by atoms with E-state index < -0.39 is 0 Å². The Balaban J connectivity index is 1.48. The van der Waals surface area contributed by atoms with Gasteiger partial charge in [-0.2, -0.15) is 4.98 Å². The van der Waals surface area contributed by atoms with Crippen molar-refractivity contribution >= 4 is 44.3 Å². The second kappa shape index (κ2) is 10.3. The van der Waals surface area contributed by atoms with E-state index >= 15 is 0 Å². The largest absolute Gasteiger partial charge is 0.356 e. The molecule has 0 spiro atoms. The Morgan fingerprint density at radius 2 is 2.09 bits per heavy atom. The van der Waals surface area contributed by atoms with Gasteiger partial charge in [0.05, 0.1) is 5.92 Å². The van der Waals surface area contributed by atoms with Gasteiger partial charge < -0.3 is 15.5 Å². The molecule has 1 aliphatic heterocycles. The van der Waals surface area contributed by atoms with Crippen molar-refractivity contribution < 1.29 is 9.59 Å². The SMILES string of the molecule is CCCNC(=O)[C@@H]1CCCN(c2nc3ncn(CC(=O)Nc4ccc(C)cc4C)c(=O)c3s2)C1. The monoisotopic (exact) mass is 482 g/mol. The lowest BCUT2D eigenvalue weighted by Crippen LogP contribution is -2.43. The first kappa shape index (κ1) is 23.9. The molecule has 0 radical (unpaired) electrons. The summed E-state index contributed by atoms with van der Waals surface area (Å²) in [4.78, 5) is 49.0. The molecule has 1 atom stereocenters. The van der Waals surface area contributed by atoms with Gasteiger partial charge in [-0.3, -0.25) is 19.0 Å². The van der Waals surface area contributed by atoms with Crippen LogP contribution in [0.3, 0.4) is 0 Å². The molecule has 1 fully saturated rings. The van der Waals surface area contributed by atoms with Gasteiger partial charge in [0.15, 0.2) is 10.8 Å². The highest BCUT2D eigenvalue weighted by atomic mass is 32.1. The van der Waals surface area contributed by atoms with Gasteiger partial charge in [0.25, 0.3) is 5.56 Å². The summed E-state index contributed by atoms with van der Waals surface area (Å²) < 4.78 is 1.72. The summed E-state index contributed by atoms with van der Waals surface area (Å²) in [6, 6.07) is 5.78. The van der Waals surface area contributed by atoms with Crippen molar-refractivity contribution in [3.05, 3.63) is 46.0 Å². The number of benzene rings is 1. The molecule has 2 amide bonds. The summed E-state index contributed by atoms with van der Waals surface area (Å²) in [6.07, 6.45) is 4.00. The van der Waals surface area contributed by atoms with Crippen molar-refractivity contribution in [2.24, 2.45) is 5.92 Å². The Labute approximate surface area is 202 Å². The number of aromatic nitrogens is 3. The number of rotatable bonds is 7. The van der Waals surface area contributed by atoms with E-state index in [0.29, 0.717) is 28.6 Å². The quantitative estimate of drug-likeness (QED) is 0.536. The molecule has 10 heteroatoms. The van der Waals surface area contributed by atoms with Crippen molar-refractivity contribution in [1.82, 2.24) is 19.9 Å². The molecule has 34 heavy (non-hydrogen) atoms. The van der Waals surface area contributed by atoms with Gasteiger partial charge in [0, 0.05) is 25.3 Å². The number of hydrogen-bond acceptors (Lipinski definition) is 7. The van der Waals surface area contributed by atoms with Crippen molar-refractivity contribution in [3.63, 3.8) is 0 Å². The van der Waals surface area contributed by atoms with Crippen LogP contribution in [0.15, 0.2) is 29.3 Å². The molecule has 0 unspecified atom stereocenters. The number of anilines is 2. The highest BCUT2D eigenvalue weighted by molar-refractivity contribution is 7.22. The van der Waals surface area contributed by atoms with Crippen LogP contribution in [0.2, 0.25) is 0 Å². The fraction of sp³-hybridized carbons (Fsp3) is 0.458. The smallest absolute Gasteiger partial charge is 0.273 e. The number of fused-ring (bicyclic) bond motifs is 1. The van der Waals surface area contributed by atoms with Crippen LogP contribution in [0.1, 0.15) is 37.3 Å². The van der Waals surface area contributed by atoms with E-state index in [4.69, 9.17) is 0 Å². The van der Waals surface area contributed by atoms with Crippen LogP contribution in [0, 0.1) is 19.8 Å². The Bertz CT molecular complexity index is 1270. The minimum atomic E-state index is -0.295. The van der Waals surface area contributed by atoms with Gasteiger partial charge >= 0.3 is 0 Å². The Kier molecular flexibility index (Phi) is 7.26. The molecule has 2 N–H and O–H groups in total. The van der Waals surface area contributed by atoms with Crippen molar-refractivity contribution in [2.75, 3.05) is 29.9 Å². The molecule has 2 aromatic heterocycles. The molecule has 1 aromatic carbocycles. The Morgan fingerprint density at radius 1 is 1.26 bits per heavy atom. The zero-order chi connectivity index (χ0) is 24.2. The predicted octanol–water partition coefficient (Wildman–Crippen LogP) is 2.85. The number of carbonyl (C=O) groups excluding carboxylic acids is 2. The summed E-state index contributed by atoms with van der Waals surface area (Å²) in [7, 11) is 0. The lowest BCUT2D eigenvalue weighted by molar-refractivity contribution is -0.125. The summed E-state index contributed by atoms with van der Waals surface area (Å²) in [5.41, 5.74) is 2.88. The van der Waals surface area contributed by atoms with E-state index in [0.717, 1.165) is 42.6 Å². The normalized spacial score (nSPS) is 16.0. The number of hydrogen-bond donors (Lipinski definition) is 2. The van der Waals surface area contributed by atoms with E-state index in [1.165, 1.54) is 22.2 Å². The van der Waals surface area contributed by atoms with Gasteiger partial charge in [-0.25, -0.2) is 4.98 Å². The first-order chi connectivity index (χ1) is 16.4. The lowest BCUT2D eigenvalue weighted by atomic mass is 9.97. The number of nitrogens with zero attached hydrogens (tertiary/aromatic N) is 4. The number of carbonyl (C=O) groups is 2. The molecule has 180 valence electrons. The van der Waals surface area contributed by atoms with Crippen molar-refractivity contribution in [1.29, 1.82) is 0 Å². The zero-order valence-electron chi connectivity index (χ0n) is 19.8. The maximum absolute atomic E-state index is 13.0. The zero-order valence-corrected chi connectivity index (χ0v) is 20.6. The highest BCUT2D eigenvalue weighted by Gasteiger charge is 2.27. The summed E-state index contributed by atoms with van der Waals surface area (Å²) in [5.74, 6) is -0.314. The van der Waals surface area contributed by atoms with Gasteiger partial charge in [0.2, 0.25) is 11.8 Å². The van der Waals surface area contributed by atoms with Crippen molar-refractivity contribution in [3.8, 4) is 0 Å². The third kappa shape index (κ3) is 5.27. The summed E-state index contributed by atoms with van der Waals surface area (Å²) in [6.45, 7) is 7.85. The third-order valence-corrected chi connectivity index (χ3v) is 7.05. The molecule has 3 heterocycles. The summed E-state index contributed by atoms with van der Waals surface area (Å²) >= 11 is 1.27. The molecule has 0 bridgehead atoms. The van der Waals surface area contributed by atoms with E-state index in [2.05, 4.69) is 25.5 Å². The number of amides is 2. The Morgan fingerprint density at radius 3 is 2.85 bits per heavy atom. The van der Waals surface area contributed by atoms with Crippen LogP contribution in [0.5, 0.6) is 0 Å². The van der Waals surface area contributed by atoms with Crippen LogP contribution in [0.4, 0.5) is 10.8 Å². The molecule has 0 saturated carbocycles.